The van der Waals surface area contributed by atoms with Gasteiger partial charge in [0.1, 0.15) is 0 Å². The fourth-order valence-electron chi connectivity index (χ4n) is 2.28. The molecule has 1 heterocycles. The molecule has 25 heavy (non-hydrogen) atoms. The standard InChI is InChI=1S/C17H16ClN3O2S2/c1-11-16(12-3-7-15(8-4-12)21-25(2,22)23)20-17(24-11)19-14-9-5-13(18)6-10-14/h3-10,21H,1-2H3,(H,19,20). The molecular formula is C17H16ClN3O2S2. The van der Waals surface area contributed by atoms with E-state index in [1.165, 1.54) is 0 Å². The summed E-state index contributed by atoms with van der Waals surface area (Å²) in [5.41, 5.74) is 3.24. The first-order valence-corrected chi connectivity index (χ1v) is 10.5. The highest BCUT2D eigenvalue weighted by atomic mass is 35.5. The average molecular weight is 394 g/mol. The van der Waals surface area contributed by atoms with Gasteiger partial charge in [-0.2, -0.15) is 0 Å². The summed E-state index contributed by atoms with van der Waals surface area (Å²) in [6.07, 6.45) is 1.13. The number of sulfonamides is 1. The number of thiazole rings is 1. The molecule has 2 aromatic carbocycles. The number of halogens is 1. The summed E-state index contributed by atoms with van der Waals surface area (Å²) in [5.74, 6) is 0. The molecule has 0 radical (unpaired) electrons. The maximum Gasteiger partial charge on any atom is 0.229 e. The summed E-state index contributed by atoms with van der Waals surface area (Å²) >= 11 is 7.45. The summed E-state index contributed by atoms with van der Waals surface area (Å²) in [6, 6.07) is 14.6. The van der Waals surface area contributed by atoms with Crippen molar-refractivity contribution in [2.24, 2.45) is 0 Å². The number of nitrogens with zero attached hydrogens (tertiary/aromatic N) is 1. The molecular weight excluding hydrogens is 378 g/mol. The van der Waals surface area contributed by atoms with Crippen LogP contribution in [0.1, 0.15) is 4.88 Å². The van der Waals surface area contributed by atoms with E-state index in [4.69, 9.17) is 11.6 Å². The van der Waals surface area contributed by atoms with E-state index in [9.17, 15) is 8.42 Å². The van der Waals surface area contributed by atoms with Crippen LogP contribution in [-0.2, 0) is 10.0 Å². The van der Waals surface area contributed by atoms with E-state index in [1.54, 1.807) is 23.5 Å². The largest absolute Gasteiger partial charge is 0.332 e. The van der Waals surface area contributed by atoms with E-state index in [0.29, 0.717) is 10.7 Å². The Kier molecular flexibility index (Phi) is 4.99. The molecule has 0 fully saturated rings. The number of aryl methyl sites for hydroxylation is 1. The van der Waals surface area contributed by atoms with Crippen molar-refractivity contribution in [1.82, 2.24) is 4.98 Å². The Morgan fingerprint density at radius 2 is 1.60 bits per heavy atom. The third kappa shape index (κ3) is 4.72. The number of anilines is 3. The Morgan fingerprint density at radius 1 is 1.00 bits per heavy atom. The molecule has 0 spiro atoms. The molecule has 0 bridgehead atoms. The number of aromatic nitrogens is 1. The van der Waals surface area contributed by atoms with Gasteiger partial charge in [0.15, 0.2) is 5.13 Å². The van der Waals surface area contributed by atoms with Crippen molar-refractivity contribution in [2.75, 3.05) is 16.3 Å². The quantitative estimate of drug-likeness (QED) is 0.647. The van der Waals surface area contributed by atoms with Crippen LogP contribution in [0.15, 0.2) is 48.5 Å². The van der Waals surface area contributed by atoms with Gasteiger partial charge in [0, 0.05) is 26.8 Å². The van der Waals surface area contributed by atoms with E-state index < -0.39 is 10.0 Å². The maximum atomic E-state index is 11.3. The van der Waals surface area contributed by atoms with Crippen molar-refractivity contribution in [3.05, 3.63) is 58.4 Å². The maximum absolute atomic E-state index is 11.3. The second kappa shape index (κ2) is 7.03. The summed E-state index contributed by atoms with van der Waals surface area (Å²) in [5, 5.41) is 4.73. The minimum Gasteiger partial charge on any atom is -0.332 e. The van der Waals surface area contributed by atoms with Gasteiger partial charge in [-0.1, -0.05) is 23.7 Å². The summed E-state index contributed by atoms with van der Waals surface area (Å²) in [4.78, 5) is 5.71. The predicted octanol–water partition coefficient (Wildman–Crippen LogP) is 4.89. The molecule has 0 amide bonds. The van der Waals surface area contributed by atoms with Crippen molar-refractivity contribution in [3.8, 4) is 11.3 Å². The number of hydrogen-bond acceptors (Lipinski definition) is 5. The van der Waals surface area contributed by atoms with Crippen LogP contribution in [0, 0.1) is 6.92 Å². The third-order valence-electron chi connectivity index (χ3n) is 3.35. The highest BCUT2D eigenvalue weighted by Crippen LogP contribution is 2.32. The van der Waals surface area contributed by atoms with E-state index in [1.807, 2.05) is 43.3 Å². The highest BCUT2D eigenvalue weighted by molar-refractivity contribution is 7.92. The lowest BCUT2D eigenvalue weighted by atomic mass is 10.1. The SMILES string of the molecule is Cc1sc(Nc2ccc(Cl)cc2)nc1-c1ccc(NS(C)(=O)=O)cc1. The normalized spacial score (nSPS) is 11.3. The summed E-state index contributed by atoms with van der Waals surface area (Å²) < 4.78 is 25.0. The Bertz CT molecular complexity index is 982. The van der Waals surface area contributed by atoms with E-state index in [0.717, 1.165) is 33.2 Å². The first-order valence-electron chi connectivity index (χ1n) is 7.38. The third-order valence-corrected chi connectivity index (χ3v) is 5.10. The van der Waals surface area contributed by atoms with Gasteiger partial charge in [-0.05, 0) is 43.3 Å². The Morgan fingerprint density at radius 3 is 2.20 bits per heavy atom. The zero-order valence-corrected chi connectivity index (χ0v) is 16.0. The van der Waals surface area contributed by atoms with Gasteiger partial charge in [0.25, 0.3) is 0 Å². The molecule has 3 rings (SSSR count). The Balaban J connectivity index is 1.81. The number of rotatable bonds is 5. The lowest BCUT2D eigenvalue weighted by Crippen LogP contribution is -2.09. The van der Waals surface area contributed by atoms with Crippen LogP contribution in [0.5, 0.6) is 0 Å². The van der Waals surface area contributed by atoms with Crippen molar-refractivity contribution >= 4 is 49.5 Å². The molecule has 2 N–H and O–H groups in total. The molecule has 0 atom stereocenters. The number of hydrogen-bond donors (Lipinski definition) is 2. The second-order valence-electron chi connectivity index (χ2n) is 5.51. The number of nitrogens with one attached hydrogen (secondary N) is 2. The molecule has 1 aromatic heterocycles. The predicted molar refractivity (Wildman–Crippen MR) is 105 cm³/mol. The van der Waals surface area contributed by atoms with Gasteiger partial charge >= 0.3 is 0 Å². The first-order chi connectivity index (χ1) is 11.8. The van der Waals surface area contributed by atoms with Gasteiger partial charge in [0.2, 0.25) is 10.0 Å². The van der Waals surface area contributed by atoms with Crippen LogP contribution in [-0.4, -0.2) is 19.7 Å². The molecule has 130 valence electrons. The average Bonchev–Trinajstić information content (AvgIpc) is 2.89. The van der Waals surface area contributed by atoms with Crippen molar-refractivity contribution in [1.29, 1.82) is 0 Å². The fourth-order valence-corrected chi connectivity index (χ4v) is 3.83. The van der Waals surface area contributed by atoms with Crippen molar-refractivity contribution < 1.29 is 8.42 Å². The summed E-state index contributed by atoms with van der Waals surface area (Å²) in [7, 11) is -3.28. The van der Waals surface area contributed by atoms with E-state index >= 15 is 0 Å². The van der Waals surface area contributed by atoms with Gasteiger partial charge in [0.05, 0.1) is 11.9 Å². The monoisotopic (exact) mass is 393 g/mol. The van der Waals surface area contributed by atoms with Crippen molar-refractivity contribution in [2.45, 2.75) is 6.92 Å². The Labute approximate surface area is 155 Å². The van der Waals surface area contributed by atoms with Crippen LogP contribution in [0.2, 0.25) is 5.02 Å². The molecule has 0 saturated heterocycles. The molecule has 0 unspecified atom stereocenters. The van der Waals surface area contributed by atoms with Gasteiger partial charge in [-0.3, -0.25) is 4.72 Å². The van der Waals surface area contributed by atoms with E-state index in [2.05, 4.69) is 15.0 Å². The van der Waals surface area contributed by atoms with E-state index in [-0.39, 0.29) is 0 Å². The molecule has 8 heteroatoms. The van der Waals surface area contributed by atoms with Crippen LogP contribution >= 0.6 is 22.9 Å². The lowest BCUT2D eigenvalue weighted by Gasteiger charge is -2.05. The van der Waals surface area contributed by atoms with Crippen LogP contribution in [0.3, 0.4) is 0 Å². The van der Waals surface area contributed by atoms with Crippen LogP contribution in [0.25, 0.3) is 11.3 Å². The first kappa shape index (κ1) is 17.7. The molecule has 0 saturated carbocycles. The minimum absolute atomic E-state index is 0.527. The smallest absolute Gasteiger partial charge is 0.229 e. The minimum atomic E-state index is -3.28. The second-order valence-corrected chi connectivity index (χ2v) is 8.90. The van der Waals surface area contributed by atoms with Crippen LogP contribution < -0.4 is 10.0 Å². The molecule has 3 aromatic rings. The van der Waals surface area contributed by atoms with Gasteiger partial charge in [-0.15, -0.1) is 11.3 Å². The molecule has 0 aliphatic rings. The molecule has 5 nitrogen and oxygen atoms in total. The lowest BCUT2D eigenvalue weighted by molar-refractivity contribution is 0.607. The molecule has 0 aliphatic carbocycles. The fraction of sp³-hybridized carbons (Fsp3) is 0.118. The highest BCUT2D eigenvalue weighted by Gasteiger charge is 2.11. The topological polar surface area (TPSA) is 71.1 Å². The van der Waals surface area contributed by atoms with Crippen molar-refractivity contribution in [3.63, 3.8) is 0 Å². The zero-order valence-electron chi connectivity index (χ0n) is 13.6. The van der Waals surface area contributed by atoms with Gasteiger partial charge < -0.3 is 5.32 Å². The number of benzene rings is 2. The van der Waals surface area contributed by atoms with Gasteiger partial charge in [-0.25, -0.2) is 13.4 Å². The summed E-state index contributed by atoms with van der Waals surface area (Å²) in [6.45, 7) is 2.00. The zero-order chi connectivity index (χ0) is 18.0. The van der Waals surface area contributed by atoms with Crippen LogP contribution in [0.4, 0.5) is 16.5 Å². The Hall–Kier alpha value is -2.09. The molecule has 0 aliphatic heterocycles.